The first-order valence-electron chi connectivity index (χ1n) is 6.05. The van der Waals surface area contributed by atoms with Crippen molar-refractivity contribution in [2.45, 2.75) is 46.6 Å². The predicted molar refractivity (Wildman–Crippen MR) is 65.2 cm³/mol. The molecule has 4 nitrogen and oxygen atoms in total. The molecule has 0 aromatic rings. The van der Waals surface area contributed by atoms with Gasteiger partial charge in [-0.2, -0.15) is 0 Å². The van der Waals surface area contributed by atoms with E-state index in [1.54, 1.807) is 6.92 Å². The van der Waals surface area contributed by atoms with Crippen molar-refractivity contribution in [1.29, 1.82) is 0 Å². The second-order valence-corrected chi connectivity index (χ2v) is 4.29. The zero-order valence-corrected chi connectivity index (χ0v) is 10.8. The molecule has 16 heavy (non-hydrogen) atoms. The van der Waals surface area contributed by atoms with E-state index in [1.165, 1.54) is 0 Å². The molecule has 1 unspecified atom stereocenters. The van der Waals surface area contributed by atoms with Crippen molar-refractivity contribution in [3.8, 4) is 0 Å². The fraction of sp³-hybridized carbons (Fsp3) is 0.833. The van der Waals surface area contributed by atoms with E-state index in [0.717, 1.165) is 13.0 Å². The molecule has 0 fully saturated rings. The smallest absolute Gasteiger partial charge is 0.237 e. The minimum absolute atomic E-state index is 0.0614. The normalized spacial score (nSPS) is 12.6. The molecule has 0 saturated carbocycles. The van der Waals surface area contributed by atoms with Crippen LogP contribution in [0.15, 0.2) is 0 Å². The summed E-state index contributed by atoms with van der Waals surface area (Å²) in [4.78, 5) is 22.9. The third kappa shape index (κ3) is 5.85. The van der Waals surface area contributed by atoms with Crippen molar-refractivity contribution in [2.24, 2.45) is 5.92 Å². The van der Waals surface area contributed by atoms with Crippen LogP contribution in [0.1, 0.15) is 40.5 Å². The first kappa shape index (κ1) is 15.1. The average Bonchev–Trinajstić information content (AvgIpc) is 2.25. The number of carbonyl (C=O) groups excluding carboxylic acids is 2. The first-order chi connectivity index (χ1) is 7.52. The lowest BCUT2D eigenvalue weighted by Gasteiger charge is -2.21. The number of hydrogen-bond donors (Lipinski definition) is 2. The topological polar surface area (TPSA) is 58.2 Å². The summed E-state index contributed by atoms with van der Waals surface area (Å²) < 4.78 is 0. The molecule has 0 spiro atoms. The number of nitrogens with one attached hydrogen (secondary N) is 2. The van der Waals surface area contributed by atoms with E-state index in [0.29, 0.717) is 6.42 Å². The maximum Gasteiger partial charge on any atom is 0.237 e. The Labute approximate surface area is 98.2 Å². The molecule has 0 aliphatic rings. The summed E-state index contributed by atoms with van der Waals surface area (Å²) in [6.45, 7) is 8.81. The van der Waals surface area contributed by atoms with E-state index in [9.17, 15) is 9.59 Å². The van der Waals surface area contributed by atoms with Crippen LogP contribution in [0.25, 0.3) is 0 Å². The van der Waals surface area contributed by atoms with Gasteiger partial charge in [-0.1, -0.05) is 27.7 Å². The monoisotopic (exact) mass is 228 g/mol. The van der Waals surface area contributed by atoms with Crippen molar-refractivity contribution in [3.63, 3.8) is 0 Å². The quantitative estimate of drug-likeness (QED) is 0.654. The predicted octanol–water partition coefficient (Wildman–Crippen LogP) is 1.11. The van der Waals surface area contributed by atoms with E-state index in [-0.39, 0.29) is 30.2 Å². The summed E-state index contributed by atoms with van der Waals surface area (Å²) >= 11 is 0. The third-order valence-electron chi connectivity index (χ3n) is 2.42. The molecule has 0 bridgehead atoms. The van der Waals surface area contributed by atoms with Gasteiger partial charge in [-0.05, 0) is 18.9 Å². The summed E-state index contributed by atoms with van der Waals surface area (Å²) in [7, 11) is 0. The molecule has 0 aliphatic heterocycles. The second kappa shape index (κ2) is 8.28. The molecular weight excluding hydrogens is 204 g/mol. The molecule has 0 aromatic heterocycles. The van der Waals surface area contributed by atoms with E-state index < -0.39 is 0 Å². The van der Waals surface area contributed by atoms with Crippen molar-refractivity contribution in [3.05, 3.63) is 0 Å². The number of rotatable bonds is 8. The number of carbonyl (C=O) groups is 2. The van der Waals surface area contributed by atoms with Crippen molar-refractivity contribution in [1.82, 2.24) is 10.6 Å². The van der Waals surface area contributed by atoms with Gasteiger partial charge < -0.3 is 10.6 Å². The van der Waals surface area contributed by atoms with Gasteiger partial charge in [-0.15, -0.1) is 0 Å². The van der Waals surface area contributed by atoms with E-state index in [2.05, 4.69) is 17.6 Å². The number of amides is 1. The zero-order chi connectivity index (χ0) is 12.6. The molecule has 1 amide bonds. The molecule has 4 heteroatoms. The Bertz CT molecular complexity index is 227. The molecule has 94 valence electrons. The molecule has 2 N–H and O–H groups in total. The summed E-state index contributed by atoms with van der Waals surface area (Å²) in [5, 5.41) is 5.86. The molecule has 0 heterocycles. The van der Waals surface area contributed by atoms with Crippen LogP contribution in [-0.4, -0.2) is 30.8 Å². The third-order valence-corrected chi connectivity index (χ3v) is 2.42. The minimum Gasteiger partial charge on any atom is -0.348 e. The Morgan fingerprint density at radius 3 is 2.25 bits per heavy atom. The van der Waals surface area contributed by atoms with Gasteiger partial charge in [0.2, 0.25) is 5.91 Å². The molecule has 1 atom stereocenters. The maximum atomic E-state index is 11.8. The largest absolute Gasteiger partial charge is 0.348 e. The SMILES string of the molecule is CCCNC(C(=O)NCC(=O)CC)C(C)C. The standard InChI is InChI=1S/C12H24N2O2/c1-5-7-13-11(9(3)4)12(16)14-8-10(15)6-2/h9,11,13H,5-8H2,1-4H3,(H,14,16). The molecule has 0 saturated heterocycles. The number of hydrogen-bond acceptors (Lipinski definition) is 3. The number of ketones is 1. The van der Waals surface area contributed by atoms with Gasteiger partial charge in [0, 0.05) is 6.42 Å². The van der Waals surface area contributed by atoms with Gasteiger partial charge in [0.25, 0.3) is 0 Å². The van der Waals surface area contributed by atoms with Gasteiger partial charge in [-0.3, -0.25) is 9.59 Å². The van der Waals surface area contributed by atoms with Gasteiger partial charge in [0.15, 0.2) is 5.78 Å². The highest BCUT2D eigenvalue weighted by atomic mass is 16.2. The van der Waals surface area contributed by atoms with Crippen LogP contribution in [0.4, 0.5) is 0 Å². The lowest BCUT2D eigenvalue weighted by molar-refractivity contribution is -0.127. The summed E-state index contributed by atoms with van der Waals surface area (Å²) in [6, 6.07) is -0.204. The van der Waals surface area contributed by atoms with Gasteiger partial charge in [0.1, 0.15) is 0 Å². The molecular formula is C12H24N2O2. The lowest BCUT2D eigenvalue weighted by atomic mass is 10.0. The van der Waals surface area contributed by atoms with Crippen LogP contribution < -0.4 is 10.6 Å². The lowest BCUT2D eigenvalue weighted by Crippen LogP contribution is -2.48. The fourth-order valence-corrected chi connectivity index (χ4v) is 1.35. The highest BCUT2D eigenvalue weighted by Gasteiger charge is 2.21. The second-order valence-electron chi connectivity index (χ2n) is 4.29. The van der Waals surface area contributed by atoms with Crippen LogP contribution in [0, 0.1) is 5.92 Å². The van der Waals surface area contributed by atoms with Crippen molar-refractivity contribution >= 4 is 11.7 Å². The highest BCUT2D eigenvalue weighted by molar-refractivity contribution is 5.88. The maximum absolute atomic E-state index is 11.8. The van der Waals surface area contributed by atoms with Crippen molar-refractivity contribution in [2.75, 3.05) is 13.1 Å². The molecule has 0 rings (SSSR count). The molecule has 0 aromatic carbocycles. The number of Topliss-reactive ketones (excluding diaryl/α,β-unsaturated/α-hetero) is 1. The van der Waals surface area contributed by atoms with Crippen LogP contribution in [0.3, 0.4) is 0 Å². The summed E-state index contributed by atoms with van der Waals surface area (Å²) in [5.74, 6) is 0.208. The average molecular weight is 228 g/mol. The Morgan fingerprint density at radius 2 is 1.81 bits per heavy atom. The minimum atomic E-state index is -0.204. The van der Waals surface area contributed by atoms with E-state index >= 15 is 0 Å². The van der Waals surface area contributed by atoms with E-state index in [1.807, 2.05) is 13.8 Å². The Hall–Kier alpha value is -0.900. The summed E-state index contributed by atoms with van der Waals surface area (Å²) in [6.07, 6.45) is 1.46. The van der Waals surface area contributed by atoms with Crippen LogP contribution in [0.5, 0.6) is 0 Å². The Kier molecular flexibility index (Phi) is 7.81. The van der Waals surface area contributed by atoms with Crippen LogP contribution >= 0.6 is 0 Å². The highest BCUT2D eigenvalue weighted by Crippen LogP contribution is 2.01. The fourth-order valence-electron chi connectivity index (χ4n) is 1.35. The molecule has 0 aliphatic carbocycles. The van der Waals surface area contributed by atoms with Crippen LogP contribution in [-0.2, 0) is 9.59 Å². The zero-order valence-electron chi connectivity index (χ0n) is 10.8. The summed E-state index contributed by atoms with van der Waals surface area (Å²) in [5.41, 5.74) is 0. The van der Waals surface area contributed by atoms with Gasteiger partial charge in [0.05, 0.1) is 12.6 Å². The van der Waals surface area contributed by atoms with Gasteiger partial charge in [-0.25, -0.2) is 0 Å². The first-order valence-corrected chi connectivity index (χ1v) is 6.05. The van der Waals surface area contributed by atoms with E-state index in [4.69, 9.17) is 0 Å². The Balaban J connectivity index is 4.11. The van der Waals surface area contributed by atoms with Crippen LogP contribution in [0.2, 0.25) is 0 Å². The molecule has 0 radical (unpaired) electrons. The van der Waals surface area contributed by atoms with Crippen molar-refractivity contribution < 1.29 is 9.59 Å². The van der Waals surface area contributed by atoms with Gasteiger partial charge >= 0.3 is 0 Å². The Morgan fingerprint density at radius 1 is 1.19 bits per heavy atom.